The van der Waals surface area contributed by atoms with Gasteiger partial charge < -0.3 is 10.3 Å². The topological polar surface area (TPSA) is 50.3 Å². The van der Waals surface area contributed by atoms with Crippen LogP contribution < -0.4 is 5.73 Å². The molecule has 0 amide bonds. The average molecular weight is 314 g/mol. The number of halogens is 1. The highest BCUT2D eigenvalue weighted by molar-refractivity contribution is 6.30. The monoisotopic (exact) mass is 313 g/mol. The lowest BCUT2D eigenvalue weighted by molar-refractivity contribution is 0.0426. The molecule has 1 aliphatic heterocycles. The van der Waals surface area contributed by atoms with Crippen LogP contribution in [0.2, 0.25) is 5.15 Å². The molecular weight excluding hydrogens is 286 g/mol. The molecule has 0 spiro atoms. The molecule has 0 bridgehead atoms. The van der Waals surface area contributed by atoms with E-state index in [9.17, 15) is 0 Å². The highest BCUT2D eigenvalue weighted by Crippen LogP contribution is 2.28. The van der Waals surface area contributed by atoms with Crippen molar-refractivity contribution < 1.29 is 0 Å². The molecule has 2 N–H and O–H groups in total. The van der Waals surface area contributed by atoms with Crippen LogP contribution in [0.15, 0.2) is 0 Å². The Morgan fingerprint density at radius 3 is 2.19 bits per heavy atom. The number of piperazine rings is 1. The summed E-state index contributed by atoms with van der Waals surface area (Å²) in [5, 5.41) is 0.709. The molecule has 1 aromatic rings. The van der Waals surface area contributed by atoms with Crippen molar-refractivity contribution in [1.29, 1.82) is 0 Å². The minimum Gasteiger partial charge on any atom is -0.329 e. The predicted octanol–water partition coefficient (Wildman–Crippen LogP) is 1.80. The van der Waals surface area contributed by atoms with Gasteiger partial charge in [0, 0.05) is 45.3 Å². The Morgan fingerprint density at radius 1 is 1.24 bits per heavy atom. The zero-order valence-electron chi connectivity index (χ0n) is 13.9. The first-order valence-corrected chi connectivity index (χ1v) is 8.01. The lowest BCUT2D eigenvalue weighted by Gasteiger charge is -2.44. The molecule has 1 aromatic heterocycles. The Balaban J connectivity index is 2.11. The molecule has 0 saturated carbocycles. The second kappa shape index (κ2) is 6.24. The maximum atomic E-state index is 6.42. The number of nitrogens with two attached hydrogens (primary N) is 1. The van der Waals surface area contributed by atoms with Crippen molar-refractivity contribution in [1.82, 2.24) is 19.4 Å². The van der Waals surface area contributed by atoms with Crippen LogP contribution in [0, 0.1) is 6.92 Å². The summed E-state index contributed by atoms with van der Waals surface area (Å²) in [6.45, 7) is 13.4. The lowest BCUT2D eigenvalue weighted by atomic mass is 10.0. The zero-order valence-corrected chi connectivity index (χ0v) is 14.6. The molecule has 1 atom stereocenters. The van der Waals surface area contributed by atoms with Gasteiger partial charge in [-0.3, -0.25) is 9.80 Å². The first-order valence-electron chi connectivity index (χ1n) is 7.63. The van der Waals surface area contributed by atoms with Crippen molar-refractivity contribution in [2.45, 2.75) is 39.3 Å². The Kier molecular flexibility index (Phi) is 4.98. The first-order chi connectivity index (χ1) is 9.75. The van der Waals surface area contributed by atoms with Gasteiger partial charge in [-0.2, -0.15) is 0 Å². The number of aromatic nitrogens is 2. The molecule has 1 fully saturated rings. The third-order valence-electron chi connectivity index (χ3n) is 4.52. The van der Waals surface area contributed by atoms with Crippen molar-refractivity contribution in [3.05, 3.63) is 16.7 Å². The van der Waals surface area contributed by atoms with E-state index in [0.29, 0.717) is 11.7 Å². The minimum atomic E-state index is 0.111. The maximum absolute atomic E-state index is 6.42. The number of rotatable bonds is 3. The van der Waals surface area contributed by atoms with E-state index >= 15 is 0 Å². The van der Waals surface area contributed by atoms with Gasteiger partial charge in [0.2, 0.25) is 0 Å². The molecule has 1 aliphatic rings. The van der Waals surface area contributed by atoms with E-state index in [4.69, 9.17) is 17.3 Å². The van der Waals surface area contributed by atoms with Crippen LogP contribution in [0.4, 0.5) is 0 Å². The van der Waals surface area contributed by atoms with E-state index in [0.717, 1.165) is 37.7 Å². The highest BCUT2D eigenvalue weighted by atomic mass is 35.5. The summed E-state index contributed by atoms with van der Waals surface area (Å²) in [4.78, 5) is 9.55. The van der Waals surface area contributed by atoms with E-state index in [2.05, 4.69) is 35.6 Å². The van der Waals surface area contributed by atoms with E-state index in [1.54, 1.807) is 0 Å². The van der Waals surface area contributed by atoms with Gasteiger partial charge in [-0.1, -0.05) is 11.6 Å². The summed E-state index contributed by atoms with van der Waals surface area (Å²) < 4.78 is 1.92. The second-order valence-corrected chi connectivity index (χ2v) is 7.20. The summed E-state index contributed by atoms with van der Waals surface area (Å²) in [6, 6.07) is 0.111. The molecule has 2 heterocycles. The van der Waals surface area contributed by atoms with E-state index in [1.165, 1.54) is 0 Å². The average Bonchev–Trinajstić information content (AvgIpc) is 2.67. The Hall–Kier alpha value is -0.620. The van der Waals surface area contributed by atoms with Gasteiger partial charge >= 0.3 is 0 Å². The molecule has 120 valence electrons. The third kappa shape index (κ3) is 3.42. The van der Waals surface area contributed by atoms with Gasteiger partial charge in [0.15, 0.2) is 0 Å². The van der Waals surface area contributed by atoms with Crippen molar-refractivity contribution in [3.63, 3.8) is 0 Å². The van der Waals surface area contributed by atoms with Gasteiger partial charge in [0.05, 0.1) is 11.7 Å². The summed E-state index contributed by atoms with van der Waals surface area (Å²) in [5.74, 6) is 0.932. The second-order valence-electron chi connectivity index (χ2n) is 6.84. The fourth-order valence-electron chi connectivity index (χ4n) is 2.96. The molecule has 1 unspecified atom stereocenters. The Labute approximate surface area is 133 Å². The Bertz CT molecular complexity index is 483. The van der Waals surface area contributed by atoms with Crippen molar-refractivity contribution in [2.75, 3.05) is 32.7 Å². The van der Waals surface area contributed by atoms with Gasteiger partial charge in [0.1, 0.15) is 11.0 Å². The van der Waals surface area contributed by atoms with E-state index in [1.807, 2.05) is 18.5 Å². The molecule has 5 nitrogen and oxygen atoms in total. The molecule has 6 heteroatoms. The van der Waals surface area contributed by atoms with Gasteiger partial charge in [0.25, 0.3) is 0 Å². The molecule has 21 heavy (non-hydrogen) atoms. The zero-order chi connectivity index (χ0) is 15.8. The van der Waals surface area contributed by atoms with Crippen molar-refractivity contribution in [3.8, 4) is 0 Å². The van der Waals surface area contributed by atoms with Gasteiger partial charge in [-0.25, -0.2) is 4.98 Å². The number of imidazole rings is 1. The summed E-state index contributed by atoms with van der Waals surface area (Å²) in [6.07, 6.45) is 0. The predicted molar refractivity (Wildman–Crippen MR) is 87.6 cm³/mol. The fraction of sp³-hybridized carbons (Fsp3) is 0.800. The standard InChI is InChI=1S/C15H28ClN5/c1-11-18-13(14(16)19(11)5)12(10-17)20-6-8-21(9-7-20)15(2,3)4/h12H,6-10,17H2,1-5H3. The van der Waals surface area contributed by atoms with Gasteiger partial charge in [-0.05, 0) is 27.7 Å². The number of aryl methyl sites for hydroxylation is 1. The summed E-state index contributed by atoms with van der Waals surface area (Å²) in [5.41, 5.74) is 7.17. The molecule has 0 aromatic carbocycles. The molecule has 1 saturated heterocycles. The van der Waals surface area contributed by atoms with Crippen molar-refractivity contribution >= 4 is 11.6 Å². The summed E-state index contributed by atoms with van der Waals surface area (Å²) in [7, 11) is 1.94. The molecule has 2 rings (SSSR count). The van der Waals surface area contributed by atoms with Crippen molar-refractivity contribution in [2.24, 2.45) is 12.8 Å². The minimum absolute atomic E-state index is 0.111. The van der Waals surface area contributed by atoms with E-state index < -0.39 is 0 Å². The quantitative estimate of drug-likeness (QED) is 0.924. The summed E-state index contributed by atoms with van der Waals surface area (Å²) >= 11 is 6.42. The number of nitrogens with zero attached hydrogens (tertiary/aromatic N) is 4. The van der Waals surface area contributed by atoms with E-state index in [-0.39, 0.29) is 11.6 Å². The normalized spacial score (nSPS) is 20.0. The van der Waals surface area contributed by atoms with Crippen LogP contribution in [0.3, 0.4) is 0 Å². The number of hydrogen-bond donors (Lipinski definition) is 1. The number of hydrogen-bond acceptors (Lipinski definition) is 4. The van der Waals surface area contributed by atoms with Crippen LogP contribution in [0.5, 0.6) is 0 Å². The molecular formula is C15H28ClN5. The largest absolute Gasteiger partial charge is 0.329 e. The van der Waals surface area contributed by atoms with Crippen LogP contribution in [-0.4, -0.2) is 57.6 Å². The highest BCUT2D eigenvalue weighted by Gasteiger charge is 2.31. The molecule has 0 aliphatic carbocycles. The van der Waals surface area contributed by atoms with Crippen LogP contribution in [-0.2, 0) is 7.05 Å². The maximum Gasteiger partial charge on any atom is 0.133 e. The van der Waals surface area contributed by atoms with Gasteiger partial charge in [-0.15, -0.1) is 0 Å². The van der Waals surface area contributed by atoms with Crippen LogP contribution in [0.25, 0.3) is 0 Å². The molecule has 0 radical (unpaired) electrons. The SMILES string of the molecule is Cc1nc(C(CN)N2CCN(C(C)(C)C)CC2)c(Cl)n1C. The van der Waals surface area contributed by atoms with Crippen LogP contribution >= 0.6 is 11.6 Å². The third-order valence-corrected chi connectivity index (χ3v) is 4.96. The first kappa shape index (κ1) is 16.7. The Morgan fingerprint density at radius 2 is 1.81 bits per heavy atom. The lowest BCUT2D eigenvalue weighted by Crippen LogP contribution is -2.54. The smallest absolute Gasteiger partial charge is 0.133 e. The fourth-order valence-corrected chi connectivity index (χ4v) is 3.25. The van der Waals surface area contributed by atoms with Crippen LogP contribution in [0.1, 0.15) is 38.3 Å².